The summed E-state index contributed by atoms with van der Waals surface area (Å²) in [6.45, 7) is 5.29. The summed E-state index contributed by atoms with van der Waals surface area (Å²) in [5.74, 6) is -0.412. The maximum atomic E-state index is 11.2. The molecule has 0 heterocycles. The van der Waals surface area contributed by atoms with Gasteiger partial charge in [0, 0.05) is 0 Å². The van der Waals surface area contributed by atoms with Crippen LogP contribution in [0.1, 0.15) is 6.92 Å². The molecule has 0 spiro atoms. The minimum absolute atomic E-state index is 0.111. The van der Waals surface area contributed by atoms with Crippen molar-refractivity contribution < 1.29 is 19.0 Å². The zero-order chi connectivity index (χ0) is 10.4. The van der Waals surface area contributed by atoms with Crippen LogP contribution in [-0.4, -0.2) is 27.3 Å². The lowest BCUT2D eigenvalue weighted by molar-refractivity contribution is -0.136. The lowest BCUT2D eigenvalue weighted by atomic mass is 10.1. The normalized spacial score (nSPS) is 8.62. The van der Waals surface area contributed by atoms with E-state index in [1.165, 1.54) is 21.3 Å². The molecule has 0 rings (SSSR count). The zero-order valence-corrected chi connectivity index (χ0v) is 8.34. The van der Waals surface area contributed by atoms with Gasteiger partial charge >= 0.3 is 5.97 Å². The van der Waals surface area contributed by atoms with E-state index in [0.29, 0.717) is 5.57 Å². The molecule has 4 heteroatoms. The third kappa shape index (κ3) is 2.82. The van der Waals surface area contributed by atoms with Crippen molar-refractivity contribution in [2.45, 2.75) is 6.92 Å². The van der Waals surface area contributed by atoms with Crippen LogP contribution in [0, 0.1) is 0 Å². The highest BCUT2D eigenvalue weighted by Gasteiger charge is 2.18. The van der Waals surface area contributed by atoms with Crippen LogP contribution in [0.5, 0.6) is 0 Å². The summed E-state index contributed by atoms with van der Waals surface area (Å²) in [5.41, 5.74) is 0.748. The summed E-state index contributed by atoms with van der Waals surface area (Å²) in [5, 5.41) is 0. The van der Waals surface area contributed by atoms with Crippen molar-refractivity contribution in [3.63, 3.8) is 0 Å². The van der Waals surface area contributed by atoms with E-state index in [4.69, 9.17) is 9.47 Å². The summed E-state index contributed by atoms with van der Waals surface area (Å²) in [7, 11) is 4.10. The third-order valence-electron chi connectivity index (χ3n) is 1.39. The number of hydrogen-bond acceptors (Lipinski definition) is 4. The molecule has 13 heavy (non-hydrogen) atoms. The van der Waals surface area contributed by atoms with E-state index in [0.717, 1.165) is 0 Å². The fourth-order valence-electron chi connectivity index (χ4n) is 0.821. The van der Waals surface area contributed by atoms with Crippen LogP contribution in [0.2, 0.25) is 0 Å². The third-order valence-corrected chi connectivity index (χ3v) is 1.39. The predicted octanol–water partition coefficient (Wildman–Crippen LogP) is 1.24. The van der Waals surface area contributed by atoms with E-state index in [2.05, 4.69) is 11.3 Å². The molecular formula is C9H14O4. The standard InChI is InChI=1S/C9H14O4/c1-6(2)7(8(10)11-3)9(12-4)13-5/h1H2,2-5H3. The van der Waals surface area contributed by atoms with Crippen LogP contribution in [0.4, 0.5) is 0 Å². The molecule has 0 fully saturated rings. The second kappa shape index (κ2) is 5.24. The average Bonchev–Trinajstić information content (AvgIpc) is 2.12. The van der Waals surface area contributed by atoms with Gasteiger partial charge < -0.3 is 14.2 Å². The van der Waals surface area contributed by atoms with E-state index in [1.807, 2.05) is 0 Å². The largest absolute Gasteiger partial charge is 0.468 e. The van der Waals surface area contributed by atoms with E-state index in [1.54, 1.807) is 6.92 Å². The van der Waals surface area contributed by atoms with Crippen molar-refractivity contribution in [2.75, 3.05) is 21.3 Å². The molecule has 0 aliphatic heterocycles. The van der Waals surface area contributed by atoms with E-state index < -0.39 is 5.97 Å². The van der Waals surface area contributed by atoms with Crippen molar-refractivity contribution in [2.24, 2.45) is 0 Å². The van der Waals surface area contributed by atoms with Gasteiger partial charge in [0.15, 0.2) is 0 Å². The van der Waals surface area contributed by atoms with Crippen molar-refractivity contribution in [3.05, 3.63) is 23.7 Å². The smallest absolute Gasteiger partial charge is 0.345 e. The molecule has 0 amide bonds. The molecule has 0 aromatic heterocycles. The van der Waals surface area contributed by atoms with E-state index in [9.17, 15) is 4.79 Å². The Morgan fingerprint density at radius 1 is 1.08 bits per heavy atom. The van der Waals surface area contributed by atoms with Crippen LogP contribution in [0.15, 0.2) is 23.7 Å². The molecule has 0 aliphatic rings. The molecule has 0 radical (unpaired) electrons. The van der Waals surface area contributed by atoms with Gasteiger partial charge in [-0.3, -0.25) is 0 Å². The second-order valence-electron chi connectivity index (χ2n) is 2.34. The van der Waals surface area contributed by atoms with Gasteiger partial charge in [0.2, 0.25) is 0 Å². The fourth-order valence-corrected chi connectivity index (χ4v) is 0.821. The Kier molecular flexibility index (Phi) is 4.66. The van der Waals surface area contributed by atoms with Crippen molar-refractivity contribution in [1.82, 2.24) is 0 Å². The Hall–Kier alpha value is -1.45. The first kappa shape index (κ1) is 11.6. The Morgan fingerprint density at radius 3 is 1.77 bits per heavy atom. The highest BCUT2D eigenvalue weighted by Crippen LogP contribution is 2.15. The van der Waals surface area contributed by atoms with Gasteiger partial charge in [0.05, 0.1) is 21.3 Å². The molecule has 0 unspecified atom stereocenters. The lowest BCUT2D eigenvalue weighted by Gasteiger charge is -2.10. The molecular weight excluding hydrogens is 172 g/mol. The highest BCUT2D eigenvalue weighted by molar-refractivity contribution is 5.93. The Labute approximate surface area is 77.8 Å². The maximum absolute atomic E-state index is 11.2. The van der Waals surface area contributed by atoms with E-state index >= 15 is 0 Å². The van der Waals surface area contributed by atoms with Gasteiger partial charge in [0.25, 0.3) is 5.95 Å². The Balaban J connectivity index is 5.08. The fraction of sp³-hybridized carbons (Fsp3) is 0.444. The summed E-state index contributed by atoms with van der Waals surface area (Å²) in [4.78, 5) is 11.2. The molecule has 4 nitrogen and oxygen atoms in total. The van der Waals surface area contributed by atoms with Crippen molar-refractivity contribution >= 4 is 5.97 Å². The quantitative estimate of drug-likeness (QED) is 0.287. The summed E-state index contributed by atoms with van der Waals surface area (Å²) in [6.07, 6.45) is 0. The molecule has 0 saturated carbocycles. The number of carbonyl (C=O) groups excluding carboxylic acids is 1. The molecule has 0 aliphatic carbocycles. The molecule has 0 bridgehead atoms. The van der Waals surface area contributed by atoms with Gasteiger partial charge in [-0.2, -0.15) is 0 Å². The lowest BCUT2D eigenvalue weighted by Crippen LogP contribution is -2.10. The molecule has 0 N–H and O–H groups in total. The summed E-state index contributed by atoms with van der Waals surface area (Å²) >= 11 is 0. The zero-order valence-electron chi connectivity index (χ0n) is 8.34. The van der Waals surface area contributed by atoms with E-state index in [-0.39, 0.29) is 11.5 Å². The van der Waals surface area contributed by atoms with Gasteiger partial charge in [-0.05, 0) is 12.5 Å². The first-order valence-electron chi connectivity index (χ1n) is 3.64. The highest BCUT2D eigenvalue weighted by atomic mass is 16.7. The number of hydrogen-bond donors (Lipinski definition) is 0. The first-order chi connectivity index (χ1) is 6.08. The predicted molar refractivity (Wildman–Crippen MR) is 47.9 cm³/mol. The minimum Gasteiger partial charge on any atom is -0.468 e. The molecule has 0 aromatic carbocycles. The van der Waals surface area contributed by atoms with Crippen LogP contribution in [-0.2, 0) is 19.0 Å². The van der Waals surface area contributed by atoms with Gasteiger partial charge in [-0.15, -0.1) is 0 Å². The van der Waals surface area contributed by atoms with Gasteiger partial charge in [0.1, 0.15) is 5.57 Å². The number of rotatable bonds is 4. The average molecular weight is 186 g/mol. The number of carbonyl (C=O) groups is 1. The number of ether oxygens (including phenoxy) is 3. The summed E-state index contributed by atoms with van der Waals surface area (Å²) in [6, 6.07) is 0. The van der Waals surface area contributed by atoms with Crippen LogP contribution in [0.3, 0.4) is 0 Å². The van der Waals surface area contributed by atoms with Gasteiger partial charge in [-0.25, -0.2) is 4.79 Å². The SMILES string of the molecule is C=C(C)C(C(=O)OC)=C(OC)OC. The van der Waals surface area contributed by atoms with Gasteiger partial charge in [-0.1, -0.05) is 6.58 Å². The topological polar surface area (TPSA) is 44.8 Å². The van der Waals surface area contributed by atoms with Crippen LogP contribution < -0.4 is 0 Å². The Morgan fingerprint density at radius 2 is 1.54 bits per heavy atom. The van der Waals surface area contributed by atoms with Crippen molar-refractivity contribution in [3.8, 4) is 0 Å². The van der Waals surface area contributed by atoms with Crippen LogP contribution in [0.25, 0.3) is 0 Å². The second-order valence-corrected chi connectivity index (χ2v) is 2.34. The van der Waals surface area contributed by atoms with Crippen molar-refractivity contribution in [1.29, 1.82) is 0 Å². The Bertz CT molecular complexity index is 234. The molecule has 0 saturated heterocycles. The molecule has 74 valence electrons. The maximum Gasteiger partial charge on any atom is 0.345 e. The number of methoxy groups -OCH3 is 3. The van der Waals surface area contributed by atoms with Crippen LogP contribution >= 0.6 is 0 Å². The molecule has 0 atom stereocenters. The molecule has 0 aromatic rings. The summed E-state index contributed by atoms with van der Waals surface area (Å²) < 4.78 is 14.2. The minimum atomic E-state index is -0.522. The first-order valence-corrected chi connectivity index (χ1v) is 3.64. The monoisotopic (exact) mass is 186 g/mol. The number of esters is 1.